The number of carbonyl (C=O) groups is 2. The van der Waals surface area contributed by atoms with Gasteiger partial charge in [0.25, 0.3) is 5.91 Å². The quantitative estimate of drug-likeness (QED) is 0.873. The number of rotatable bonds is 5. The molecule has 1 fully saturated rings. The Balaban J connectivity index is 1.35. The molecule has 0 saturated carbocycles. The summed E-state index contributed by atoms with van der Waals surface area (Å²) in [6.45, 7) is 2.63. The highest BCUT2D eigenvalue weighted by atomic mass is 32.1. The van der Waals surface area contributed by atoms with Crippen LogP contribution >= 0.6 is 11.3 Å². The van der Waals surface area contributed by atoms with Gasteiger partial charge in [0.15, 0.2) is 0 Å². The van der Waals surface area contributed by atoms with Gasteiger partial charge in [0.05, 0.1) is 18.4 Å². The van der Waals surface area contributed by atoms with Crippen LogP contribution < -0.4 is 10.6 Å². The Morgan fingerprint density at radius 2 is 2.08 bits per heavy atom. The molecular formula is C17H21N3O3S. The zero-order valence-electron chi connectivity index (χ0n) is 13.4. The molecule has 6 nitrogen and oxygen atoms in total. The molecule has 0 bridgehead atoms. The van der Waals surface area contributed by atoms with E-state index in [9.17, 15) is 9.59 Å². The summed E-state index contributed by atoms with van der Waals surface area (Å²) in [7, 11) is 0. The van der Waals surface area contributed by atoms with Gasteiger partial charge >= 0.3 is 6.03 Å². The summed E-state index contributed by atoms with van der Waals surface area (Å²) in [6, 6.07) is 5.52. The Hall–Kier alpha value is -2.28. The molecule has 2 aromatic rings. The fourth-order valence-electron chi connectivity index (χ4n) is 2.79. The van der Waals surface area contributed by atoms with Gasteiger partial charge in [-0.3, -0.25) is 4.79 Å². The number of nitrogens with one attached hydrogen (secondary N) is 2. The maximum Gasteiger partial charge on any atom is 0.315 e. The third-order valence-corrected chi connectivity index (χ3v) is 5.10. The van der Waals surface area contributed by atoms with Crippen LogP contribution in [0.4, 0.5) is 4.79 Å². The molecule has 0 spiro atoms. The number of amides is 3. The largest absolute Gasteiger partial charge is 0.472 e. The van der Waals surface area contributed by atoms with Gasteiger partial charge < -0.3 is 20.0 Å². The number of nitrogens with zero attached hydrogens (tertiary/aromatic N) is 1. The third kappa shape index (κ3) is 4.38. The lowest BCUT2D eigenvalue weighted by Gasteiger charge is -2.31. The standard InChI is InChI=1S/C17H21N3O3S/c21-16(14-5-8-23-12-14)20-6-3-13(4-7-20)10-18-17(22)19-11-15-2-1-9-24-15/h1-2,5,8-9,12-13H,3-4,6-7,10-11H2,(H2,18,19,22). The molecular weight excluding hydrogens is 326 g/mol. The van der Waals surface area contributed by atoms with Gasteiger partial charge in [-0.1, -0.05) is 6.07 Å². The SMILES string of the molecule is O=C(NCc1cccs1)NCC1CCN(C(=O)c2ccoc2)CC1. The number of piperidine rings is 1. The molecule has 1 saturated heterocycles. The van der Waals surface area contributed by atoms with Gasteiger partial charge in [-0.05, 0) is 36.3 Å². The summed E-state index contributed by atoms with van der Waals surface area (Å²) in [5, 5.41) is 7.77. The van der Waals surface area contributed by atoms with Crippen LogP contribution in [0, 0.1) is 5.92 Å². The molecule has 7 heteroatoms. The molecule has 1 aliphatic heterocycles. The lowest BCUT2D eigenvalue weighted by Crippen LogP contribution is -2.43. The number of carbonyl (C=O) groups excluding carboxylic acids is 2. The molecule has 0 atom stereocenters. The lowest BCUT2D eigenvalue weighted by molar-refractivity contribution is 0.0690. The normalized spacial score (nSPS) is 15.2. The van der Waals surface area contributed by atoms with Gasteiger partial charge in [0.1, 0.15) is 6.26 Å². The first kappa shape index (κ1) is 16.6. The molecule has 3 heterocycles. The van der Waals surface area contributed by atoms with E-state index in [-0.39, 0.29) is 11.9 Å². The first-order valence-electron chi connectivity index (χ1n) is 8.08. The zero-order valence-corrected chi connectivity index (χ0v) is 14.2. The smallest absolute Gasteiger partial charge is 0.315 e. The second kappa shape index (κ2) is 8.01. The summed E-state index contributed by atoms with van der Waals surface area (Å²) < 4.78 is 4.96. The predicted molar refractivity (Wildman–Crippen MR) is 91.9 cm³/mol. The first-order chi connectivity index (χ1) is 11.7. The Morgan fingerprint density at radius 1 is 1.25 bits per heavy atom. The van der Waals surface area contributed by atoms with Crippen molar-refractivity contribution in [3.8, 4) is 0 Å². The lowest BCUT2D eigenvalue weighted by atomic mass is 9.96. The van der Waals surface area contributed by atoms with Crippen LogP contribution in [0.25, 0.3) is 0 Å². The van der Waals surface area contributed by atoms with Crippen LogP contribution in [-0.4, -0.2) is 36.5 Å². The van der Waals surface area contributed by atoms with Crippen molar-refractivity contribution in [2.75, 3.05) is 19.6 Å². The molecule has 0 unspecified atom stereocenters. The maximum absolute atomic E-state index is 12.2. The highest BCUT2D eigenvalue weighted by Gasteiger charge is 2.24. The average Bonchev–Trinajstić information content (AvgIpc) is 3.31. The minimum atomic E-state index is -0.139. The Bertz CT molecular complexity index is 647. The topological polar surface area (TPSA) is 74.6 Å². The van der Waals surface area contributed by atoms with Crippen molar-refractivity contribution in [2.24, 2.45) is 5.92 Å². The van der Waals surface area contributed by atoms with E-state index in [1.807, 2.05) is 22.4 Å². The van der Waals surface area contributed by atoms with Crippen molar-refractivity contribution in [2.45, 2.75) is 19.4 Å². The summed E-state index contributed by atoms with van der Waals surface area (Å²) >= 11 is 1.63. The molecule has 0 radical (unpaired) electrons. The molecule has 1 aliphatic rings. The van der Waals surface area contributed by atoms with Crippen molar-refractivity contribution in [1.82, 2.24) is 15.5 Å². The van der Waals surface area contributed by atoms with Crippen molar-refractivity contribution in [3.63, 3.8) is 0 Å². The molecule has 2 N–H and O–H groups in total. The van der Waals surface area contributed by atoms with Crippen LogP contribution in [-0.2, 0) is 6.54 Å². The molecule has 0 aromatic carbocycles. The van der Waals surface area contributed by atoms with Crippen molar-refractivity contribution >= 4 is 23.3 Å². The molecule has 3 rings (SSSR count). The van der Waals surface area contributed by atoms with E-state index in [1.54, 1.807) is 17.4 Å². The molecule has 128 valence electrons. The highest BCUT2D eigenvalue weighted by molar-refractivity contribution is 7.09. The van der Waals surface area contributed by atoms with Crippen molar-refractivity contribution in [1.29, 1.82) is 0 Å². The fraction of sp³-hybridized carbons (Fsp3) is 0.412. The maximum atomic E-state index is 12.2. The van der Waals surface area contributed by atoms with E-state index in [0.717, 1.165) is 17.7 Å². The van der Waals surface area contributed by atoms with E-state index in [0.29, 0.717) is 37.7 Å². The van der Waals surface area contributed by atoms with Gasteiger partial charge in [-0.15, -0.1) is 11.3 Å². The van der Waals surface area contributed by atoms with Crippen LogP contribution in [0.5, 0.6) is 0 Å². The van der Waals surface area contributed by atoms with Crippen LogP contribution in [0.3, 0.4) is 0 Å². The molecule has 2 aromatic heterocycles. The number of likely N-dealkylation sites (tertiary alicyclic amines) is 1. The van der Waals surface area contributed by atoms with Gasteiger partial charge in [0.2, 0.25) is 0 Å². The summed E-state index contributed by atoms with van der Waals surface area (Å²) in [5.74, 6) is 0.426. The summed E-state index contributed by atoms with van der Waals surface area (Å²) in [5.41, 5.74) is 0.597. The van der Waals surface area contributed by atoms with Gasteiger partial charge in [0, 0.05) is 24.5 Å². The van der Waals surface area contributed by atoms with Gasteiger partial charge in [-0.2, -0.15) is 0 Å². The average molecular weight is 347 g/mol. The fourth-order valence-corrected chi connectivity index (χ4v) is 3.43. The second-order valence-corrected chi connectivity index (χ2v) is 6.92. The Kier molecular flexibility index (Phi) is 5.53. The van der Waals surface area contributed by atoms with E-state index in [2.05, 4.69) is 10.6 Å². The minimum absolute atomic E-state index is 0.0175. The summed E-state index contributed by atoms with van der Waals surface area (Å²) in [6.07, 6.45) is 4.79. The van der Waals surface area contributed by atoms with E-state index in [4.69, 9.17) is 4.42 Å². The molecule has 24 heavy (non-hydrogen) atoms. The summed E-state index contributed by atoms with van der Waals surface area (Å²) in [4.78, 5) is 27.0. The number of thiophene rings is 1. The van der Waals surface area contributed by atoms with E-state index >= 15 is 0 Å². The van der Waals surface area contributed by atoms with Crippen LogP contribution in [0.15, 0.2) is 40.5 Å². The van der Waals surface area contributed by atoms with E-state index < -0.39 is 0 Å². The van der Waals surface area contributed by atoms with Gasteiger partial charge in [-0.25, -0.2) is 4.79 Å². The molecule has 3 amide bonds. The minimum Gasteiger partial charge on any atom is -0.472 e. The van der Waals surface area contributed by atoms with Crippen LogP contribution in [0.1, 0.15) is 28.1 Å². The number of furan rings is 1. The third-order valence-electron chi connectivity index (χ3n) is 4.22. The monoisotopic (exact) mass is 347 g/mol. The van der Waals surface area contributed by atoms with Crippen LogP contribution in [0.2, 0.25) is 0 Å². The molecule has 0 aliphatic carbocycles. The van der Waals surface area contributed by atoms with Crippen molar-refractivity contribution < 1.29 is 14.0 Å². The highest BCUT2D eigenvalue weighted by Crippen LogP contribution is 2.18. The Labute approximate surface area is 144 Å². The second-order valence-electron chi connectivity index (χ2n) is 5.89. The van der Waals surface area contributed by atoms with Crippen molar-refractivity contribution in [3.05, 3.63) is 46.5 Å². The number of hydrogen-bond acceptors (Lipinski definition) is 4. The number of urea groups is 1. The number of hydrogen-bond donors (Lipinski definition) is 2. The Morgan fingerprint density at radius 3 is 2.75 bits per heavy atom. The first-order valence-corrected chi connectivity index (χ1v) is 8.96. The zero-order chi connectivity index (χ0) is 16.8. The predicted octanol–water partition coefficient (Wildman–Crippen LogP) is 2.69. The van der Waals surface area contributed by atoms with E-state index in [1.165, 1.54) is 12.5 Å².